The van der Waals surface area contributed by atoms with Crippen molar-refractivity contribution in [1.29, 1.82) is 0 Å². The van der Waals surface area contributed by atoms with Crippen LogP contribution in [0.15, 0.2) is 35.7 Å². The smallest absolute Gasteiger partial charge is 0.318 e. The number of carbonyl (C=O) groups is 2. The molecule has 3 amide bonds. The van der Waals surface area contributed by atoms with Gasteiger partial charge in [0, 0.05) is 30.6 Å². The van der Waals surface area contributed by atoms with Gasteiger partial charge in [0.05, 0.1) is 19.3 Å². The van der Waals surface area contributed by atoms with Crippen LogP contribution >= 0.6 is 11.3 Å². The zero-order valence-electron chi connectivity index (χ0n) is 20.7. The summed E-state index contributed by atoms with van der Waals surface area (Å²) in [6.07, 6.45) is 2.65. The Balaban J connectivity index is 1.50. The van der Waals surface area contributed by atoms with Crippen LogP contribution in [0, 0.1) is 0 Å². The third-order valence-corrected chi connectivity index (χ3v) is 7.35. The predicted molar refractivity (Wildman–Crippen MR) is 135 cm³/mol. The predicted octanol–water partition coefficient (Wildman–Crippen LogP) is 3.86. The Hall–Kier alpha value is -2.78. The molecule has 0 unspecified atom stereocenters. The van der Waals surface area contributed by atoms with Gasteiger partial charge in [-0.15, -0.1) is 11.3 Å². The third-order valence-electron chi connectivity index (χ3n) is 6.35. The number of ether oxygens (including phenoxy) is 3. The number of rotatable bonds is 9. The quantitative estimate of drug-likeness (QED) is 0.564. The lowest BCUT2D eigenvalue weighted by Crippen LogP contribution is -2.52. The SMILES string of the molecule is COc1ccccc1OC[C@@H]1c2ccsc2CCN1C(=O)CN(C[C@H]1CCCO1)C(=O)NC(C)C. The minimum absolute atomic E-state index is 0.00302. The number of para-hydroxylation sites is 2. The van der Waals surface area contributed by atoms with Gasteiger partial charge in [-0.2, -0.15) is 0 Å². The van der Waals surface area contributed by atoms with E-state index >= 15 is 0 Å². The Bertz CT molecular complexity index is 1000. The monoisotopic (exact) mass is 501 g/mol. The van der Waals surface area contributed by atoms with Crippen molar-refractivity contribution in [2.24, 2.45) is 0 Å². The first-order chi connectivity index (χ1) is 17.0. The van der Waals surface area contributed by atoms with Gasteiger partial charge in [0.1, 0.15) is 13.2 Å². The molecule has 8 nitrogen and oxygen atoms in total. The topological polar surface area (TPSA) is 80.3 Å². The second-order valence-corrected chi connectivity index (χ2v) is 10.2. The van der Waals surface area contributed by atoms with Crippen molar-refractivity contribution in [3.8, 4) is 11.5 Å². The van der Waals surface area contributed by atoms with Gasteiger partial charge >= 0.3 is 6.03 Å². The third kappa shape index (κ3) is 6.27. The molecule has 9 heteroatoms. The zero-order chi connectivity index (χ0) is 24.8. The molecule has 1 aromatic heterocycles. The number of urea groups is 1. The summed E-state index contributed by atoms with van der Waals surface area (Å²) in [6, 6.07) is 9.09. The summed E-state index contributed by atoms with van der Waals surface area (Å²) in [7, 11) is 1.61. The van der Waals surface area contributed by atoms with Gasteiger partial charge in [-0.25, -0.2) is 4.79 Å². The molecule has 2 aliphatic heterocycles. The summed E-state index contributed by atoms with van der Waals surface area (Å²) in [5.74, 6) is 1.20. The average Bonchev–Trinajstić information content (AvgIpc) is 3.53. The van der Waals surface area contributed by atoms with E-state index in [2.05, 4.69) is 16.8 Å². The number of benzene rings is 1. The van der Waals surface area contributed by atoms with Gasteiger partial charge in [0.15, 0.2) is 11.5 Å². The fourth-order valence-corrected chi connectivity index (χ4v) is 5.56. The van der Waals surface area contributed by atoms with Crippen LogP contribution in [0.5, 0.6) is 11.5 Å². The summed E-state index contributed by atoms with van der Waals surface area (Å²) in [5.41, 5.74) is 1.11. The van der Waals surface area contributed by atoms with E-state index < -0.39 is 0 Å². The van der Waals surface area contributed by atoms with Crippen molar-refractivity contribution >= 4 is 23.3 Å². The number of methoxy groups -OCH3 is 1. The lowest BCUT2D eigenvalue weighted by atomic mass is 10.0. The Labute approximate surface area is 211 Å². The van der Waals surface area contributed by atoms with Crippen LogP contribution in [0.2, 0.25) is 0 Å². The highest BCUT2D eigenvalue weighted by atomic mass is 32.1. The fraction of sp³-hybridized carbons (Fsp3) is 0.538. The van der Waals surface area contributed by atoms with Gasteiger partial charge in [-0.05, 0) is 62.3 Å². The summed E-state index contributed by atoms with van der Waals surface area (Å²) >= 11 is 1.71. The molecule has 2 aliphatic rings. The van der Waals surface area contributed by atoms with Crippen molar-refractivity contribution < 1.29 is 23.8 Å². The van der Waals surface area contributed by atoms with E-state index in [1.54, 1.807) is 23.3 Å². The van der Waals surface area contributed by atoms with E-state index in [1.165, 1.54) is 4.88 Å². The number of amides is 3. The highest BCUT2D eigenvalue weighted by molar-refractivity contribution is 7.10. The Morgan fingerprint density at radius 2 is 2.06 bits per heavy atom. The molecule has 1 N–H and O–H groups in total. The molecule has 2 aromatic rings. The number of nitrogens with zero attached hydrogens (tertiary/aromatic N) is 2. The van der Waals surface area contributed by atoms with Crippen molar-refractivity contribution in [1.82, 2.24) is 15.1 Å². The van der Waals surface area contributed by atoms with Gasteiger partial charge < -0.3 is 29.3 Å². The van der Waals surface area contributed by atoms with Crippen LogP contribution in [0.25, 0.3) is 0 Å². The Morgan fingerprint density at radius 1 is 1.26 bits per heavy atom. The van der Waals surface area contributed by atoms with Crippen molar-refractivity contribution in [2.45, 2.75) is 51.3 Å². The maximum atomic E-state index is 13.6. The van der Waals surface area contributed by atoms with Crippen LogP contribution in [0.4, 0.5) is 4.79 Å². The van der Waals surface area contributed by atoms with Gasteiger partial charge in [0.25, 0.3) is 0 Å². The summed E-state index contributed by atoms with van der Waals surface area (Å²) in [5, 5.41) is 4.99. The van der Waals surface area contributed by atoms with Crippen molar-refractivity contribution in [2.75, 3.05) is 40.0 Å². The van der Waals surface area contributed by atoms with E-state index in [4.69, 9.17) is 14.2 Å². The molecule has 1 saturated heterocycles. The highest BCUT2D eigenvalue weighted by Gasteiger charge is 2.34. The summed E-state index contributed by atoms with van der Waals surface area (Å²) in [6.45, 7) is 5.84. The van der Waals surface area contributed by atoms with Crippen LogP contribution in [-0.2, 0) is 16.0 Å². The second kappa shape index (κ2) is 11.8. The summed E-state index contributed by atoms with van der Waals surface area (Å²) in [4.78, 5) is 31.3. The van der Waals surface area contributed by atoms with Crippen LogP contribution < -0.4 is 14.8 Å². The molecular weight excluding hydrogens is 466 g/mol. The first-order valence-electron chi connectivity index (χ1n) is 12.2. The molecule has 4 rings (SSSR count). The fourth-order valence-electron chi connectivity index (χ4n) is 4.63. The Morgan fingerprint density at radius 3 is 2.77 bits per heavy atom. The molecule has 0 bridgehead atoms. The molecule has 2 atom stereocenters. The average molecular weight is 502 g/mol. The number of thiophene rings is 1. The maximum Gasteiger partial charge on any atom is 0.318 e. The number of carbonyl (C=O) groups excluding carboxylic acids is 2. The number of hydrogen-bond donors (Lipinski definition) is 1. The molecule has 0 radical (unpaired) electrons. The lowest BCUT2D eigenvalue weighted by molar-refractivity contribution is -0.135. The molecule has 190 valence electrons. The van der Waals surface area contributed by atoms with E-state index in [0.29, 0.717) is 37.8 Å². The van der Waals surface area contributed by atoms with Gasteiger partial charge in [-0.1, -0.05) is 12.1 Å². The lowest BCUT2D eigenvalue weighted by Gasteiger charge is -2.37. The number of fused-ring (bicyclic) bond motifs is 1. The van der Waals surface area contributed by atoms with E-state index in [-0.39, 0.29) is 36.7 Å². The summed E-state index contributed by atoms with van der Waals surface area (Å²) < 4.78 is 17.3. The van der Waals surface area contributed by atoms with E-state index in [0.717, 1.165) is 24.8 Å². The first kappa shape index (κ1) is 25.3. The maximum absolute atomic E-state index is 13.6. The molecule has 3 heterocycles. The minimum Gasteiger partial charge on any atom is -0.493 e. The van der Waals surface area contributed by atoms with Crippen LogP contribution in [-0.4, -0.2) is 73.8 Å². The second-order valence-electron chi connectivity index (χ2n) is 9.23. The van der Waals surface area contributed by atoms with Crippen molar-refractivity contribution in [3.05, 3.63) is 46.2 Å². The largest absolute Gasteiger partial charge is 0.493 e. The molecule has 1 aromatic carbocycles. The van der Waals surface area contributed by atoms with Crippen molar-refractivity contribution in [3.63, 3.8) is 0 Å². The van der Waals surface area contributed by atoms with Crippen LogP contribution in [0.1, 0.15) is 43.2 Å². The molecule has 0 spiro atoms. The van der Waals surface area contributed by atoms with E-state index in [9.17, 15) is 9.59 Å². The zero-order valence-corrected chi connectivity index (χ0v) is 21.5. The number of hydrogen-bond acceptors (Lipinski definition) is 6. The molecule has 1 fully saturated rings. The highest BCUT2D eigenvalue weighted by Crippen LogP contribution is 2.35. The standard InChI is InChI=1S/C26H35N3O5S/c1-18(2)27-26(31)28(15-19-7-6-13-33-19)16-25(30)29-12-10-24-20(11-14-35-24)21(29)17-34-23-9-5-4-8-22(23)32-3/h4-5,8-9,11,14,18-19,21H,6-7,10,12-13,15-17H2,1-3H3,(H,27,31)/t19-,21-/m1/s1. The first-order valence-corrected chi connectivity index (χ1v) is 13.1. The molecule has 0 saturated carbocycles. The molecule has 0 aliphatic carbocycles. The number of nitrogens with one attached hydrogen (secondary N) is 1. The van der Waals surface area contributed by atoms with Gasteiger partial charge in [0.2, 0.25) is 5.91 Å². The van der Waals surface area contributed by atoms with Gasteiger partial charge in [-0.3, -0.25) is 4.79 Å². The molecule has 35 heavy (non-hydrogen) atoms. The molecular formula is C26H35N3O5S. The minimum atomic E-state index is -0.237. The van der Waals surface area contributed by atoms with E-state index in [1.807, 2.05) is 43.0 Å². The van der Waals surface area contributed by atoms with Crippen LogP contribution in [0.3, 0.4) is 0 Å². The Kier molecular flexibility index (Phi) is 8.51. The normalized spacial score (nSPS) is 19.4.